The van der Waals surface area contributed by atoms with Crippen LogP contribution >= 0.6 is 0 Å². The van der Waals surface area contributed by atoms with E-state index < -0.39 is 12.1 Å². The van der Waals surface area contributed by atoms with Crippen LogP contribution in [0.15, 0.2) is 30.3 Å². The molecule has 0 saturated heterocycles. The highest BCUT2D eigenvalue weighted by Gasteiger charge is 2.28. The summed E-state index contributed by atoms with van der Waals surface area (Å²) >= 11 is 0. The van der Waals surface area contributed by atoms with E-state index in [9.17, 15) is 14.4 Å². The van der Waals surface area contributed by atoms with Gasteiger partial charge in [-0.25, -0.2) is 9.67 Å². The van der Waals surface area contributed by atoms with Gasteiger partial charge in [0.1, 0.15) is 6.04 Å². The molecule has 0 aliphatic carbocycles. The quantitative estimate of drug-likeness (QED) is 0.741. The van der Waals surface area contributed by atoms with Crippen molar-refractivity contribution in [3.8, 4) is 11.4 Å². The predicted molar refractivity (Wildman–Crippen MR) is 120 cm³/mol. The van der Waals surface area contributed by atoms with Gasteiger partial charge in [-0.05, 0) is 19.3 Å². The van der Waals surface area contributed by atoms with Gasteiger partial charge in [0.2, 0.25) is 17.7 Å². The van der Waals surface area contributed by atoms with Crippen molar-refractivity contribution in [2.24, 2.45) is 5.92 Å². The molecule has 0 fully saturated rings. The fourth-order valence-electron chi connectivity index (χ4n) is 3.72. The number of hydrogen-bond acceptors (Lipinski definition) is 5. The molecule has 9 nitrogen and oxygen atoms in total. The molecule has 1 aromatic heterocycles. The number of hydrogen-bond donors (Lipinski definition) is 2. The van der Waals surface area contributed by atoms with Crippen LogP contribution in [-0.2, 0) is 20.9 Å². The largest absolute Gasteiger partial charge is 0.345 e. The molecule has 1 aliphatic heterocycles. The summed E-state index contributed by atoms with van der Waals surface area (Å²) in [6, 6.07) is 8.58. The second-order valence-electron chi connectivity index (χ2n) is 8.51. The molecule has 9 heteroatoms. The van der Waals surface area contributed by atoms with E-state index in [1.807, 2.05) is 44.2 Å². The van der Waals surface area contributed by atoms with Gasteiger partial charge >= 0.3 is 0 Å². The molecule has 2 aromatic rings. The molecule has 2 N–H and O–H groups in total. The van der Waals surface area contributed by atoms with Crippen LogP contribution in [0.4, 0.5) is 0 Å². The van der Waals surface area contributed by atoms with Gasteiger partial charge < -0.3 is 15.5 Å². The zero-order chi connectivity index (χ0) is 23.3. The normalized spacial score (nSPS) is 20.8. The van der Waals surface area contributed by atoms with E-state index in [1.54, 1.807) is 16.5 Å². The van der Waals surface area contributed by atoms with Crippen LogP contribution in [0.1, 0.15) is 52.4 Å². The SMILES string of the molecule is CC(=O)N1CCCC(=O)N[C@H](C)C(=O)N[C@@H](C(C)C)c2nc(-c3ccccc3)nn2CC1. The summed E-state index contributed by atoms with van der Waals surface area (Å²) in [5, 5.41) is 10.5. The van der Waals surface area contributed by atoms with Crippen molar-refractivity contribution in [2.75, 3.05) is 13.1 Å². The van der Waals surface area contributed by atoms with E-state index in [4.69, 9.17) is 10.1 Å². The van der Waals surface area contributed by atoms with E-state index in [2.05, 4.69) is 10.6 Å². The minimum Gasteiger partial charge on any atom is -0.345 e. The lowest BCUT2D eigenvalue weighted by molar-refractivity contribution is -0.130. The lowest BCUT2D eigenvalue weighted by Gasteiger charge is -2.26. The Balaban J connectivity index is 2.01. The molecule has 32 heavy (non-hydrogen) atoms. The lowest BCUT2D eigenvalue weighted by Crippen LogP contribution is -2.47. The van der Waals surface area contributed by atoms with Gasteiger partial charge in [0, 0.05) is 32.0 Å². The third-order valence-corrected chi connectivity index (χ3v) is 5.60. The number of nitrogens with zero attached hydrogens (tertiary/aromatic N) is 4. The Morgan fingerprint density at radius 3 is 2.47 bits per heavy atom. The summed E-state index contributed by atoms with van der Waals surface area (Å²) in [5.41, 5.74) is 0.878. The van der Waals surface area contributed by atoms with E-state index >= 15 is 0 Å². The minimum absolute atomic E-state index is 0.0326. The van der Waals surface area contributed by atoms with E-state index in [0.717, 1.165) is 5.56 Å². The minimum atomic E-state index is -0.680. The zero-order valence-corrected chi connectivity index (χ0v) is 19.2. The summed E-state index contributed by atoms with van der Waals surface area (Å²) in [4.78, 5) is 43.7. The smallest absolute Gasteiger partial charge is 0.242 e. The molecule has 1 aromatic carbocycles. The molecular weight excluding hydrogens is 408 g/mol. The molecule has 0 saturated carbocycles. The first-order valence-electron chi connectivity index (χ1n) is 11.1. The Bertz CT molecular complexity index is 956. The van der Waals surface area contributed by atoms with Crippen LogP contribution in [0.2, 0.25) is 0 Å². The van der Waals surface area contributed by atoms with Crippen LogP contribution in [0, 0.1) is 5.92 Å². The van der Waals surface area contributed by atoms with Gasteiger partial charge in [-0.3, -0.25) is 14.4 Å². The van der Waals surface area contributed by atoms with Gasteiger partial charge in [0.15, 0.2) is 11.6 Å². The maximum Gasteiger partial charge on any atom is 0.242 e. The van der Waals surface area contributed by atoms with E-state index in [-0.39, 0.29) is 30.1 Å². The highest BCUT2D eigenvalue weighted by molar-refractivity contribution is 5.87. The summed E-state index contributed by atoms with van der Waals surface area (Å²) in [6.07, 6.45) is 0.773. The maximum absolute atomic E-state index is 12.8. The average Bonchev–Trinajstić information content (AvgIpc) is 3.17. The standard InChI is InChI=1S/C23H32N6O3/c1-15(2)20-22-26-21(18-9-6-5-7-10-18)27-29(22)14-13-28(17(4)30)12-8-11-19(31)24-16(3)23(32)25-20/h5-7,9-10,15-16,20H,8,11-14H2,1-4H3,(H,24,31)(H,25,32)/t16-,20+/m1/s1. The summed E-state index contributed by atoms with van der Waals surface area (Å²) in [7, 11) is 0. The van der Waals surface area contributed by atoms with Crippen LogP contribution in [0.25, 0.3) is 11.4 Å². The predicted octanol–water partition coefficient (Wildman–Crippen LogP) is 1.91. The average molecular weight is 441 g/mol. The van der Waals surface area contributed by atoms with Gasteiger partial charge in [0.05, 0.1) is 12.6 Å². The van der Waals surface area contributed by atoms with Gasteiger partial charge in [-0.1, -0.05) is 44.2 Å². The lowest BCUT2D eigenvalue weighted by atomic mass is 10.0. The van der Waals surface area contributed by atoms with Crippen LogP contribution in [0.3, 0.4) is 0 Å². The van der Waals surface area contributed by atoms with Crippen molar-refractivity contribution < 1.29 is 14.4 Å². The highest BCUT2D eigenvalue weighted by atomic mass is 16.2. The fourth-order valence-corrected chi connectivity index (χ4v) is 3.72. The molecule has 1 aliphatic rings. The number of carbonyl (C=O) groups excluding carboxylic acids is 3. The zero-order valence-electron chi connectivity index (χ0n) is 19.2. The summed E-state index contributed by atoms with van der Waals surface area (Å²) in [5.74, 6) is 0.709. The number of benzene rings is 1. The van der Waals surface area contributed by atoms with Gasteiger partial charge in [0.25, 0.3) is 0 Å². The van der Waals surface area contributed by atoms with Crippen molar-refractivity contribution in [3.63, 3.8) is 0 Å². The van der Waals surface area contributed by atoms with Crippen molar-refractivity contribution in [3.05, 3.63) is 36.2 Å². The number of aromatic nitrogens is 3. The molecule has 172 valence electrons. The number of nitrogens with one attached hydrogen (secondary N) is 2. The van der Waals surface area contributed by atoms with Gasteiger partial charge in [-0.15, -0.1) is 0 Å². The monoisotopic (exact) mass is 440 g/mol. The number of amides is 3. The topological polar surface area (TPSA) is 109 Å². The molecule has 2 heterocycles. The first-order chi connectivity index (χ1) is 15.3. The third kappa shape index (κ3) is 5.72. The third-order valence-electron chi connectivity index (χ3n) is 5.60. The molecule has 0 bridgehead atoms. The first kappa shape index (κ1) is 23.4. The van der Waals surface area contributed by atoms with E-state index in [0.29, 0.717) is 37.7 Å². The second-order valence-corrected chi connectivity index (χ2v) is 8.51. The van der Waals surface area contributed by atoms with Crippen LogP contribution < -0.4 is 10.6 Å². The Morgan fingerprint density at radius 2 is 1.81 bits per heavy atom. The molecule has 3 rings (SSSR count). The molecule has 0 spiro atoms. The van der Waals surface area contributed by atoms with Crippen molar-refractivity contribution in [1.82, 2.24) is 30.3 Å². The summed E-state index contributed by atoms with van der Waals surface area (Å²) in [6.45, 7) is 8.54. The maximum atomic E-state index is 12.8. The Kier molecular flexibility index (Phi) is 7.61. The van der Waals surface area contributed by atoms with Crippen LogP contribution in [-0.4, -0.2) is 56.5 Å². The molecule has 3 amide bonds. The van der Waals surface area contributed by atoms with Crippen molar-refractivity contribution >= 4 is 17.7 Å². The number of fused-ring (bicyclic) bond motifs is 1. The number of rotatable bonds is 2. The Labute approximate surface area is 188 Å². The Morgan fingerprint density at radius 1 is 1.09 bits per heavy atom. The Hall–Kier alpha value is -3.23. The molecular formula is C23H32N6O3. The summed E-state index contributed by atoms with van der Waals surface area (Å²) < 4.78 is 1.79. The van der Waals surface area contributed by atoms with Crippen LogP contribution in [0.5, 0.6) is 0 Å². The number of carbonyl (C=O) groups is 3. The molecule has 0 radical (unpaired) electrons. The fraction of sp³-hybridized carbons (Fsp3) is 0.522. The second kappa shape index (κ2) is 10.4. The molecule has 0 unspecified atom stereocenters. The van der Waals surface area contributed by atoms with Gasteiger partial charge in [-0.2, -0.15) is 5.10 Å². The van der Waals surface area contributed by atoms with Crippen molar-refractivity contribution in [2.45, 2.75) is 59.2 Å². The highest BCUT2D eigenvalue weighted by Crippen LogP contribution is 2.24. The first-order valence-corrected chi connectivity index (χ1v) is 11.1. The molecule has 2 atom stereocenters. The van der Waals surface area contributed by atoms with E-state index in [1.165, 1.54) is 6.92 Å². The van der Waals surface area contributed by atoms with Crippen molar-refractivity contribution in [1.29, 1.82) is 0 Å².